The van der Waals surface area contributed by atoms with E-state index in [0.717, 1.165) is 5.56 Å². The molecule has 1 aromatic heterocycles. The molecule has 0 fully saturated rings. The van der Waals surface area contributed by atoms with E-state index in [4.69, 9.17) is 9.52 Å². The Balaban J connectivity index is 1.92. The lowest BCUT2D eigenvalue weighted by atomic mass is 10.2. The fourth-order valence-corrected chi connectivity index (χ4v) is 2.46. The summed E-state index contributed by atoms with van der Waals surface area (Å²) in [6.45, 7) is 0.379. The monoisotopic (exact) mass is 396 g/mol. The molecule has 1 heterocycles. The average Bonchev–Trinajstić information content (AvgIpc) is 3.22. The first-order valence-electron chi connectivity index (χ1n) is 9.34. The van der Waals surface area contributed by atoms with Gasteiger partial charge >= 0.3 is 5.97 Å². The van der Waals surface area contributed by atoms with E-state index in [1.807, 2.05) is 30.3 Å². The second-order valence-electron chi connectivity index (χ2n) is 6.27. The minimum absolute atomic E-state index is 0.0631. The van der Waals surface area contributed by atoms with Crippen molar-refractivity contribution >= 4 is 29.9 Å². The Morgan fingerprint density at radius 1 is 1.00 bits per heavy atom. The molecular weight excluding hydrogens is 372 g/mol. The van der Waals surface area contributed by atoms with Gasteiger partial charge in [0.1, 0.15) is 11.5 Å². The van der Waals surface area contributed by atoms with Crippen LogP contribution in [0, 0.1) is 0 Å². The standard InChI is InChI=1S/C22H24N2O5/c25-20(13-12-17-8-3-1-4-9-17)24-19(16-18-10-7-15-29-18)22(28)23-14-6-2-5-11-21(26)27/h1,3-4,7-10,12-13,15-16H,2,5-6,11,14H2,(H,23,28)(H,24,25)(H,26,27)/b13-12+,19-16+. The van der Waals surface area contributed by atoms with Gasteiger partial charge in [-0.1, -0.05) is 36.8 Å². The molecule has 3 N–H and O–H groups in total. The van der Waals surface area contributed by atoms with Crippen molar-refractivity contribution < 1.29 is 23.9 Å². The number of carboxylic acids is 1. The maximum atomic E-state index is 12.5. The number of furan rings is 1. The van der Waals surface area contributed by atoms with E-state index in [1.54, 1.807) is 18.2 Å². The highest BCUT2D eigenvalue weighted by molar-refractivity contribution is 6.04. The Morgan fingerprint density at radius 2 is 1.79 bits per heavy atom. The summed E-state index contributed by atoms with van der Waals surface area (Å²) in [5.41, 5.74) is 0.929. The zero-order valence-corrected chi connectivity index (χ0v) is 16.0. The maximum Gasteiger partial charge on any atom is 0.303 e. The Morgan fingerprint density at radius 3 is 2.48 bits per heavy atom. The quantitative estimate of drug-likeness (QED) is 0.399. The summed E-state index contributed by atoms with van der Waals surface area (Å²) in [7, 11) is 0. The van der Waals surface area contributed by atoms with E-state index in [9.17, 15) is 14.4 Å². The number of carbonyl (C=O) groups excluding carboxylic acids is 2. The molecule has 0 saturated heterocycles. The van der Waals surface area contributed by atoms with Gasteiger partial charge in [-0.15, -0.1) is 0 Å². The molecule has 1 aromatic carbocycles. The summed E-state index contributed by atoms with van der Waals surface area (Å²) in [5, 5.41) is 13.9. The first-order chi connectivity index (χ1) is 14.0. The Bertz CT molecular complexity index is 855. The molecule has 0 atom stereocenters. The second kappa shape index (κ2) is 12.0. The molecular formula is C22H24N2O5. The normalized spacial score (nSPS) is 11.4. The van der Waals surface area contributed by atoms with Gasteiger partial charge < -0.3 is 20.2 Å². The summed E-state index contributed by atoms with van der Waals surface area (Å²) >= 11 is 0. The van der Waals surface area contributed by atoms with Gasteiger partial charge in [-0.25, -0.2) is 0 Å². The number of unbranched alkanes of at least 4 members (excludes halogenated alkanes) is 2. The Labute approximate surface area is 169 Å². The fraction of sp³-hybridized carbons (Fsp3) is 0.227. The molecule has 0 saturated carbocycles. The second-order valence-corrected chi connectivity index (χ2v) is 6.27. The maximum absolute atomic E-state index is 12.5. The summed E-state index contributed by atoms with van der Waals surface area (Å²) in [5.74, 6) is -1.28. The third-order valence-electron chi connectivity index (χ3n) is 3.91. The molecule has 7 nitrogen and oxygen atoms in total. The SMILES string of the molecule is O=C(O)CCCCCNC(=O)/C(=C\c1ccco1)NC(=O)/C=C/c1ccccc1. The molecule has 7 heteroatoms. The highest BCUT2D eigenvalue weighted by atomic mass is 16.4. The van der Waals surface area contributed by atoms with Crippen LogP contribution in [0.15, 0.2) is 64.9 Å². The van der Waals surface area contributed by atoms with Crippen LogP contribution in [0.4, 0.5) is 0 Å². The van der Waals surface area contributed by atoms with Crippen LogP contribution in [-0.2, 0) is 14.4 Å². The lowest BCUT2D eigenvalue weighted by Gasteiger charge is -2.09. The van der Waals surface area contributed by atoms with Gasteiger partial charge in [-0.05, 0) is 36.6 Å². The predicted octanol–water partition coefficient (Wildman–Crippen LogP) is 3.21. The van der Waals surface area contributed by atoms with E-state index in [-0.39, 0.29) is 12.1 Å². The van der Waals surface area contributed by atoms with E-state index in [2.05, 4.69) is 10.6 Å². The van der Waals surface area contributed by atoms with Crippen molar-refractivity contribution in [3.05, 3.63) is 71.8 Å². The topological polar surface area (TPSA) is 109 Å². The van der Waals surface area contributed by atoms with Crippen molar-refractivity contribution in [2.45, 2.75) is 25.7 Å². The molecule has 0 aliphatic rings. The first kappa shape index (κ1) is 21.7. The van der Waals surface area contributed by atoms with Crippen LogP contribution < -0.4 is 10.6 Å². The lowest BCUT2D eigenvalue weighted by molar-refractivity contribution is -0.137. The molecule has 0 radical (unpaired) electrons. The first-order valence-corrected chi connectivity index (χ1v) is 9.34. The molecule has 29 heavy (non-hydrogen) atoms. The zero-order chi connectivity index (χ0) is 20.9. The van der Waals surface area contributed by atoms with E-state index < -0.39 is 17.8 Å². The van der Waals surface area contributed by atoms with Gasteiger partial charge in [-0.2, -0.15) is 0 Å². The molecule has 2 rings (SSSR count). The fourth-order valence-electron chi connectivity index (χ4n) is 2.46. The molecule has 0 bridgehead atoms. The van der Waals surface area contributed by atoms with Crippen molar-refractivity contribution in [1.82, 2.24) is 10.6 Å². The van der Waals surface area contributed by atoms with Crippen LogP contribution in [0.2, 0.25) is 0 Å². The van der Waals surface area contributed by atoms with Gasteiger partial charge in [0.15, 0.2) is 0 Å². The molecule has 0 aliphatic heterocycles. The lowest BCUT2D eigenvalue weighted by Crippen LogP contribution is -2.34. The number of amides is 2. The molecule has 2 amide bonds. The van der Waals surface area contributed by atoms with Crippen LogP contribution in [0.25, 0.3) is 12.2 Å². The molecule has 0 unspecified atom stereocenters. The Kier molecular flexibility index (Phi) is 8.95. The highest BCUT2D eigenvalue weighted by Crippen LogP contribution is 2.07. The number of hydrogen-bond acceptors (Lipinski definition) is 4. The smallest absolute Gasteiger partial charge is 0.303 e. The van der Waals surface area contributed by atoms with Crippen LogP contribution in [-0.4, -0.2) is 29.4 Å². The number of benzene rings is 1. The largest absolute Gasteiger partial charge is 0.481 e. The van der Waals surface area contributed by atoms with Crippen LogP contribution >= 0.6 is 0 Å². The van der Waals surface area contributed by atoms with E-state index in [1.165, 1.54) is 18.4 Å². The number of nitrogens with one attached hydrogen (secondary N) is 2. The van der Waals surface area contributed by atoms with Gasteiger partial charge in [0, 0.05) is 25.1 Å². The van der Waals surface area contributed by atoms with E-state index in [0.29, 0.717) is 31.6 Å². The van der Waals surface area contributed by atoms with Crippen LogP contribution in [0.3, 0.4) is 0 Å². The summed E-state index contributed by atoms with van der Waals surface area (Å²) in [6.07, 6.45) is 7.94. The summed E-state index contributed by atoms with van der Waals surface area (Å²) in [4.78, 5) is 35.2. The number of aliphatic carboxylic acids is 1. The third kappa shape index (κ3) is 8.75. The van der Waals surface area contributed by atoms with Crippen molar-refractivity contribution in [2.75, 3.05) is 6.54 Å². The zero-order valence-electron chi connectivity index (χ0n) is 16.0. The predicted molar refractivity (Wildman–Crippen MR) is 109 cm³/mol. The van der Waals surface area contributed by atoms with Gasteiger partial charge in [0.05, 0.1) is 6.26 Å². The van der Waals surface area contributed by atoms with Crippen molar-refractivity contribution in [1.29, 1.82) is 0 Å². The molecule has 0 spiro atoms. The number of carboxylic acid groups (broad SMARTS) is 1. The van der Waals surface area contributed by atoms with Crippen molar-refractivity contribution in [3.8, 4) is 0 Å². The number of hydrogen-bond donors (Lipinski definition) is 3. The minimum Gasteiger partial charge on any atom is -0.481 e. The third-order valence-corrected chi connectivity index (χ3v) is 3.91. The van der Waals surface area contributed by atoms with Crippen molar-refractivity contribution in [2.24, 2.45) is 0 Å². The van der Waals surface area contributed by atoms with Gasteiger partial charge in [0.25, 0.3) is 5.91 Å². The number of carbonyl (C=O) groups is 3. The van der Waals surface area contributed by atoms with E-state index >= 15 is 0 Å². The molecule has 152 valence electrons. The van der Waals surface area contributed by atoms with Crippen LogP contribution in [0.5, 0.6) is 0 Å². The average molecular weight is 396 g/mol. The van der Waals surface area contributed by atoms with Gasteiger partial charge in [0.2, 0.25) is 5.91 Å². The minimum atomic E-state index is -0.830. The summed E-state index contributed by atoms with van der Waals surface area (Å²) in [6, 6.07) is 12.7. The van der Waals surface area contributed by atoms with Crippen LogP contribution in [0.1, 0.15) is 37.0 Å². The van der Waals surface area contributed by atoms with Gasteiger partial charge in [-0.3, -0.25) is 14.4 Å². The molecule has 0 aliphatic carbocycles. The Hall–Kier alpha value is -3.61. The highest BCUT2D eigenvalue weighted by Gasteiger charge is 2.12. The van der Waals surface area contributed by atoms with Crippen molar-refractivity contribution in [3.63, 3.8) is 0 Å². The summed E-state index contributed by atoms with van der Waals surface area (Å²) < 4.78 is 5.22. The number of rotatable bonds is 11. The molecule has 2 aromatic rings.